The molecule has 3 aromatic heterocycles. The lowest BCUT2D eigenvalue weighted by Crippen LogP contribution is -2.06. The van der Waals surface area contributed by atoms with Crippen LogP contribution in [0.25, 0.3) is 32.9 Å². The molecule has 5 aromatic rings. The van der Waals surface area contributed by atoms with Crippen LogP contribution < -0.4 is 0 Å². The van der Waals surface area contributed by atoms with Crippen molar-refractivity contribution in [2.24, 2.45) is 0 Å². The van der Waals surface area contributed by atoms with Crippen LogP contribution in [-0.2, 0) is 5.75 Å². The van der Waals surface area contributed by atoms with E-state index in [1.54, 1.807) is 23.5 Å². The zero-order chi connectivity index (χ0) is 24.7. The van der Waals surface area contributed by atoms with Gasteiger partial charge in [0.05, 0.1) is 16.1 Å². The third-order valence-electron chi connectivity index (χ3n) is 6.03. The number of fused-ring (bicyclic) bond motifs is 1. The van der Waals surface area contributed by atoms with Crippen LogP contribution in [0.4, 0.5) is 4.39 Å². The summed E-state index contributed by atoms with van der Waals surface area (Å²) in [5.74, 6) is 0.828. The van der Waals surface area contributed by atoms with Crippen molar-refractivity contribution in [1.29, 1.82) is 0 Å². The first-order valence-corrected chi connectivity index (χ1v) is 13.5. The highest BCUT2D eigenvalue weighted by Crippen LogP contribution is 2.37. The third kappa shape index (κ3) is 4.60. The van der Waals surface area contributed by atoms with E-state index in [-0.39, 0.29) is 11.9 Å². The second kappa shape index (κ2) is 9.72. The second-order valence-corrected chi connectivity index (χ2v) is 11.0. The van der Waals surface area contributed by atoms with Crippen LogP contribution >= 0.6 is 34.7 Å². The quantitative estimate of drug-likeness (QED) is 0.210. The van der Waals surface area contributed by atoms with Gasteiger partial charge in [0, 0.05) is 33.3 Å². The number of benzene rings is 2. The highest BCUT2D eigenvalue weighted by Gasteiger charge is 2.21. The minimum atomic E-state index is -0.313. The molecule has 8 heteroatoms. The van der Waals surface area contributed by atoms with Gasteiger partial charge in [0.1, 0.15) is 5.82 Å². The molecule has 3 heterocycles. The summed E-state index contributed by atoms with van der Waals surface area (Å²) < 4.78 is 16.5. The molecule has 2 aromatic carbocycles. The van der Waals surface area contributed by atoms with E-state index in [1.807, 2.05) is 6.07 Å². The van der Waals surface area contributed by atoms with Crippen LogP contribution in [0.2, 0.25) is 5.02 Å². The Balaban J connectivity index is 1.65. The van der Waals surface area contributed by atoms with Crippen molar-refractivity contribution < 1.29 is 4.39 Å². The first-order valence-electron chi connectivity index (χ1n) is 11.3. The number of thiophene rings is 1. The summed E-state index contributed by atoms with van der Waals surface area (Å²) in [4.78, 5) is 6.08. The molecule has 0 aliphatic heterocycles. The van der Waals surface area contributed by atoms with Gasteiger partial charge in [-0.2, -0.15) is 0 Å². The second-order valence-electron chi connectivity index (χ2n) is 8.74. The number of hydrogen-bond donors (Lipinski definition) is 0. The Labute approximate surface area is 217 Å². The Bertz CT molecular complexity index is 1510. The molecule has 0 bridgehead atoms. The number of aromatic nitrogens is 4. The monoisotopic (exact) mass is 522 g/mol. The van der Waals surface area contributed by atoms with Gasteiger partial charge >= 0.3 is 0 Å². The largest absolute Gasteiger partial charge is 0.299 e. The first kappa shape index (κ1) is 24.0. The Morgan fingerprint density at radius 3 is 2.57 bits per heavy atom. The number of thioether (sulfide) groups is 1. The van der Waals surface area contributed by atoms with Gasteiger partial charge in [0.25, 0.3) is 0 Å². The van der Waals surface area contributed by atoms with E-state index in [4.69, 9.17) is 16.6 Å². The molecule has 0 N–H and O–H groups in total. The molecule has 178 valence electrons. The number of aryl methyl sites for hydroxylation is 2. The fourth-order valence-corrected chi connectivity index (χ4v) is 6.15. The third-order valence-corrected chi connectivity index (χ3v) is 8.24. The zero-order valence-corrected chi connectivity index (χ0v) is 22.2. The van der Waals surface area contributed by atoms with Gasteiger partial charge in [0.2, 0.25) is 0 Å². The van der Waals surface area contributed by atoms with Gasteiger partial charge in [-0.25, -0.2) is 9.37 Å². The minimum Gasteiger partial charge on any atom is -0.299 e. The van der Waals surface area contributed by atoms with E-state index < -0.39 is 0 Å². The van der Waals surface area contributed by atoms with Crippen LogP contribution in [0.3, 0.4) is 0 Å². The summed E-state index contributed by atoms with van der Waals surface area (Å²) in [6, 6.07) is 15.4. The molecule has 0 fully saturated rings. The summed E-state index contributed by atoms with van der Waals surface area (Å²) in [6.45, 7) is 8.42. The van der Waals surface area contributed by atoms with Crippen LogP contribution in [0.1, 0.15) is 36.6 Å². The molecule has 0 saturated carbocycles. The maximum atomic E-state index is 14.4. The van der Waals surface area contributed by atoms with Crippen molar-refractivity contribution >= 4 is 45.6 Å². The van der Waals surface area contributed by atoms with Crippen molar-refractivity contribution in [1.82, 2.24) is 19.7 Å². The maximum Gasteiger partial charge on any atom is 0.192 e. The van der Waals surface area contributed by atoms with E-state index in [9.17, 15) is 4.39 Å². The van der Waals surface area contributed by atoms with Gasteiger partial charge < -0.3 is 0 Å². The van der Waals surface area contributed by atoms with Gasteiger partial charge in [-0.1, -0.05) is 35.5 Å². The molecule has 0 aliphatic carbocycles. The van der Waals surface area contributed by atoms with Crippen LogP contribution in [0, 0.1) is 19.7 Å². The topological polar surface area (TPSA) is 43.6 Å². The predicted molar refractivity (Wildman–Crippen MR) is 145 cm³/mol. The van der Waals surface area contributed by atoms with Gasteiger partial charge in [-0.05, 0) is 80.6 Å². The molecule has 0 amide bonds. The Kier molecular flexibility index (Phi) is 6.66. The average molecular weight is 523 g/mol. The number of halogens is 2. The van der Waals surface area contributed by atoms with Crippen molar-refractivity contribution in [3.05, 3.63) is 81.4 Å². The lowest BCUT2D eigenvalue weighted by atomic mass is 10.0. The molecule has 0 saturated heterocycles. The molecule has 5 rings (SSSR count). The van der Waals surface area contributed by atoms with Crippen molar-refractivity contribution in [2.75, 3.05) is 0 Å². The fourth-order valence-electron chi connectivity index (χ4n) is 4.05. The highest BCUT2D eigenvalue weighted by molar-refractivity contribution is 7.98. The lowest BCUT2D eigenvalue weighted by Gasteiger charge is -2.16. The van der Waals surface area contributed by atoms with Crippen molar-refractivity contribution in [2.45, 2.75) is 44.6 Å². The molecule has 35 heavy (non-hydrogen) atoms. The molecular weight excluding hydrogens is 499 g/mol. The number of nitrogens with zero attached hydrogens (tertiary/aromatic N) is 4. The summed E-state index contributed by atoms with van der Waals surface area (Å²) >= 11 is 9.36. The SMILES string of the molecule is Cc1cc2nc(-c3cccs3)cc(-c3nnc(SCc4c(F)cccc4Cl)n3C(C)C)c2cc1C. The van der Waals surface area contributed by atoms with Crippen LogP contribution in [0.5, 0.6) is 0 Å². The zero-order valence-electron chi connectivity index (χ0n) is 19.8. The Morgan fingerprint density at radius 1 is 1.06 bits per heavy atom. The van der Waals surface area contributed by atoms with Gasteiger partial charge in [-0.15, -0.1) is 21.5 Å². The summed E-state index contributed by atoms with van der Waals surface area (Å²) in [5.41, 5.74) is 5.69. The highest BCUT2D eigenvalue weighted by atomic mass is 35.5. The number of rotatable bonds is 6. The summed E-state index contributed by atoms with van der Waals surface area (Å²) in [5, 5.41) is 13.4. The average Bonchev–Trinajstić information content (AvgIpc) is 3.49. The molecule has 0 radical (unpaired) electrons. The van der Waals surface area contributed by atoms with Crippen LogP contribution in [-0.4, -0.2) is 19.7 Å². The summed E-state index contributed by atoms with van der Waals surface area (Å²) in [7, 11) is 0. The number of pyridine rings is 1. The van der Waals surface area contributed by atoms with Crippen LogP contribution in [0.15, 0.2) is 59.1 Å². The van der Waals surface area contributed by atoms with Crippen molar-refractivity contribution in [3.63, 3.8) is 0 Å². The molecule has 0 aliphatic rings. The smallest absolute Gasteiger partial charge is 0.192 e. The van der Waals surface area contributed by atoms with E-state index in [1.165, 1.54) is 29.0 Å². The molecular formula is C27H24ClFN4S2. The van der Waals surface area contributed by atoms with E-state index >= 15 is 0 Å². The Morgan fingerprint density at radius 2 is 1.86 bits per heavy atom. The predicted octanol–water partition coefficient (Wildman–Crippen LogP) is 8.50. The number of hydrogen-bond acceptors (Lipinski definition) is 5. The molecule has 0 atom stereocenters. The van der Waals surface area contributed by atoms with E-state index in [0.717, 1.165) is 38.0 Å². The minimum absolute atomic E-state index is 0.0959. The van der Waals surface area contributed by atoms with Crippen molar-refractivity contribution in [3.8, 4) is 22.0 Å². The standard InChI is InChI=1S/C27H24ClFN4S2/c1-15(2)33-26(31-32-27(33)35-14-20-21(28)7-5-8-22(20)29)19-13-24(25-9-6-10-34-25)30-23-12-17(4)16(3)11-18(19)23/h5-13,15H,14H2,1-4H3. The molecule has 0 spiro atoms. The molecule has 4 nitrogen and oxygen atoms in total. The van der Waals surface area contributed by atoms with Gasteiger partial charge in [0.15, 0.2) is 11.0 Å². The van der Waals surface area contributed by atoms with Gasteiger partial charge in [-0.3, -0.25) is 4.57 Å². The Hall–Kier alpha value is -2.74. The fraction of sp³-hybridized carbons (Fsp3) is 0.222. The lowest BCUT2D eigenvalue weighted by molar-refractivity contribution is 0.555. The normalized spacial score (nSPS) is 11.6. The molecule has 0 unspecified atom stereocenters. The first-order chi connectivity index (χ1) is 16.8. The summed E-state index contributed by atoms with van der Waals surface area (Å²) in [6.07, 6.45) is 0. The maximum absolute atomic E-state index is 14.4. The van der Waals surface area contributed by atoms with E-state index in [2.05, 4.69) is 72.1 Å². The van der Waals surface area contributed by atoms with E-state index in [0.29, 0.717) is 16.3 Å².